The van der Waals surface area contributed by atoms with E-state index in [0.29, 0.717) is 48.0 Å². The molecule has 5 rings (SSSR count). The van der Waals surface area contributed by atoms with Crippen molar-refractivity contribution in [3.05, 3.63) is 126 Å². The Bertz CT molecular complexity index is 1550. The van der Waals surface area contributed by atoms with Crippen molar-refractivity contribution in [3.63, 3.8) is 0 Å². The van der Waals surface area contributed by atoms with Gasteiger partial charge in [0.25, 0.3) is 11.8 Å². The number of nitrogens with zero attached hydrogens (tertiary/aromatic N) is 1. The molecule has 0 aliphatic carbocycles. The van der Waals surface area contributed by atoms with Crippen LogP contribution in [0.5, 0.6) is 5.75 Å². The highest BCUT2D eigenvalue weighted by molar-refractivity contribution is 6.05. The van der Waals surface area contributed by atoms with Crippen LogP contribution in [0.15, 0.2) is 114 Å². The molecule has 0 spiro atoms. The number of nitrogen functional groups attached to an aromatic ring is 1. The van der Waals surface area contributed by atoms with Crippen LogP contribution in [0.2, 0.25) is 0 Å². The van der Waals surface area contributed by atoms with E-state index in [-0.39, 0.29) is 24.2 Å². The number of carbonyl (C=O) groups excluding carboxylic acids is 2. The Morgan fingerprint density at radius 2 is 1.57 bits per heavy atom. The van der Waals surface area contributed by atoms with Crippen molar-refractivity contribution in [1.82, 2.24) is 10.2 Å². The van der Waals surface area contributed by atoms with Crippen LogP contribution in [-0.4, -0.2) is 36.5 Å². The van der Waals surface area contributed by atoms with Crippen LogP contribution in [0, 0.1) is 0 Å². The zero-order chi connectivity index (χ0) is 27.7. The first kappa shape index (κ1) is 26.5. The van der Waals surface area contributed by atoms with E-state index in [1.54, 1.807) is 47.4 Å². The Labute approximate surface area is 232 Å². The van der Waals surface area contributed by atoms with E-state index >= 15 is 0 Å². The van der Waals surface area contributed by atoms with Gasteiger partial charge in [0.05, 0.1) is 24.6 Å². The third-order valence-corrected chi connectivity index (χ3v) is 6.35. The molecule has 40 heavy (non-hydrogen) atoms. The van der Waals surface area contributed by atoms with Gasteiger partial charge in [-0.2, -0.15) is 0 Å². The number of furan rings is 1. The zero-order valence-corrected chi connectivity index (χ0v) is 21.9. The summed E-state index contributed by atoms with van der Waals surface area (Å²) in [5, 5.41) is 7.01. The standard InChI is InChI=1S/C32H30N4O4/c33-27-11-5-6-12-28(27)35-31(37)24-14-16-26(17-15-24)39-19-18-36(22-34-21-23-8-2-1-3-9-23)32(38)30-20-25-10-4-7-13-29(25)40-30/h1-17,20,34H,18-19,21-22,33H2,(H,35,37). The molecule has 1 aromatic heterocycles. The number of rotatable bonds is 11. The summed E-state index contributed by atoms with van der Waals surface area (Å²) in [4.78, 5) is 27.6. The number of amides is 2. The molecule has 1 heterocycles. The SMILES string of the molecule is Nc1ccccc1NC(=O)c1ccc(OCCN(CNCc2ccccc2)C(=O)c2cc3ccccc3o2)cc1. The van der Waals surface area contributed by atoms with Gasteiger partial charge in [0.15, 0.2) is 5.76 Å². The predicted molar refractivity (Wildman–Crippen MR) is 156 cm³/mol. The van der Waals surface area contributed by atoms with Crippen LogP contribution in [0.1, 0.15) is 26.5 Å². The molecular formula is C32H30N4O4. The fourth-order valence-electron chi connectivity index (χ4n) is 4.21. The van der Waals surface area contributed by atoms with E-state index in [0.717, 1.165) is 10.9 Å². The molecule has 2 amide bonds. The largest absolute Gasteiger partial charge is 0.492 e. The Balaban J connectivity index is 1.20. The van der Waals surface area contributed by atoms with Crippen LogP contribution in [0.3, 0.4) is 0 Å². The van der Waals surface area contributed by atoms with E-state index in [4.69, 9.17) is 14.9 Å². The first-order chi connectivity index (χ1) is 19.6. The van der Waals surface area contributed by atoms with E-state index in [1.807, 2.05) is 66.7 Å². The second-order valence-electron chi connectivity index (χ2n) is 9.20. The normalized spacial score (nSPS) is 10.8. The van der Waals surface area contributed by atoms with Gasteiger partial charge in [-0.25, -0.2) is 0 Å². The molecule has 0 radical (unpaired) electrons. The number of nitrogens with two attached hydrogens (primary N) is 1. The van der Waals surface area contributed by atoms with Gasteiger partial charge in [0.1, 0.15) is 17.9 Å². The molecule has 8 heteroatoms. The number of anilines is 2. The van der Waals surface area contributed by atoms with E-state index < -0.39 is 0 Å². The lowest BCUT2D eigenvalue weighted by Crippen LogP contribution is -2.41. The molecule has 4 aromatic carbocycles. The third kappa shape index (κ3) is 6.67. The Morgan fingerprint density at radius 1 is 0.850 bits per heavy atom. The highest BCUT2D eigenvalue weighted by atomic mass is 16.5. The fourth-order valence-corrected chi connectivity index (χ4v) is 4.21. The number of fused-ring (bicyclic) bond motifs is 1. The smallest absolute Gasteiger partial charge is 0.290 e. The molecule has 0 fully saturated rings. The molecule has 0 saturated heterocycles. The lowest BCUT2D eigenvalue weighted by Gasteiger charge is -2.22. The maximum atomic E-state index is 13.4. The van der Waals surface area contributed by atoms with Crippen LogP contribution in [0.4, 0.5) is 11.4 Å². The van der Waals surface area contributed by atoms with Crippen LogP contribution >= 0.6 is 0 Å². The summed E-state index contributed by atoms with van der Waals surface area (Å²) in [6.45, 7) is 1.51. The number of hydrogen-bond acceptors (Lipinski definition) is 6. The molecule has 8 nitrogen and oxygen atoms in total. The average Bonchev–Trinajstić information content (AvgIpc) is 3.43. The monoisotopic (exact) mass is 534 g/mol. The highest BCUT2D eigenvalue weighted by Crippen LogP contribution is 2.21. The van der Waals surface area contributed by atoms with Crippen LogP contribution in [-0.2, 0) is 6.54 Å². The topological polar surface area (TPSA) is 110 Å². The van der Waals surface area contributed by atoms with Gasteiger partial charge < -0.3 is 25.1 Å². The minimum atomic E-state index is -0.267. The van der Waals surface area contributed by atoms with Crippen molar-refractivity contribution < 1.29 is 18.7 Å². The number of carbonyl (C=O) groups is 2. The van der Waals surface area contributed by atoms with Crippen LogP contribution < -0.4 is 21.1 Å². The first-order valence-electron chi connectivity index (χ1n) is 13.0. The molecule has 5 aromatic rings. The van der Waals surface area contributed by atoms with E-state index in [2.05, 4.69) is 10.6 Å². The maximum absolute atomic E-state index is 13.4. The molecule has 0 aliphatic rings. The van der Waals surface area contributed by atoms with E-state index in [1.165, 1.54) is 0 Å². The van der Waals surface area contributed by atoms with Gasteiger partial charge in [0, 0.05) is 17.5 Å². The second-order valence-corrected chi connectivity index (χ2v) is 9.20. The van der Waals surface area contributed by atoms with Crippen LogP contribution in [0.25, 0.3) is 11.0 Å². The lowest BCUT2D eigenvalue weighted by molar-refractivity contribution is 0.0684. The quantitative estimate of drug-likeness (QED) is 0.152. The second kappa shape index (κ2) is 12.6. The molecule has 4 N–H and O–H groups in total. The van der Waals surface area contributed by atoms with Crippen molar-refractivity contribution in [2.24, 2.45) is 0 Å². The minimum Gasteiger partial charge on any atom is -0.492 e. The van der Waals surface area contributed by atoms with Crippen molar-refractivity contribution in [2.45, 2.75) is 6.54 Å². The van der Waals surface area contributed by atoms with Gasteiger partial charge in [-0.3, -0.25) is 14.9 Å². The fraction of sp³-hybridized carbons (Fsp3) is 0.125. The minimum absolute atomic E-state index is 0.229. The summed E-state index contributed by atoms with van der Waals surface area (Å²) in [5.41, 5.74) is 9.23. The molecule has 0 bridgehead atoms. The van der Waals surface area contributed by atoms with Crippen molar-refractivity contribution in [3.8, 4) is 5.75 Å². The summed E-state index contributed by atoms with van der Waals surface area (Å²) < 4.78 is 11.7. The van der Waals surface area contributed by atoms with Crippen molar-refractivity contribution in [2.75, 3.05) is 30.9 Å². The predicted octanol–water partition coefficient (Wildman–Crippen LogP) is 5.54. The number of ether oxygens (including phenoxy) is 1. The summed E-state index contributed by atoms with van der Waals surface area (Å²) in [6, 6.07) is 33.2. The van der Waals surface area contributed by atoms with Gasteiger partial charge in [-0.05, 0) is 54.1 Å². The maximum Gasteiger partial charge on any atom is 0.290 e. The zero-order valence-electron chi connectivity index (χ0n) is 21.9. The molecular weight excluding hydrogens is 504 g/mol. The van der Waals surface area contributed by atoms with Gasteiger partial charge in [0.2, 0.25) is 0 Å². The lowest BCUT2D eigenvalue weighted by atomic mass is 10.2. The number of nitrogens with one attached hydrogen (secondary N) is 2. The number of hydrogen-bond donors (Lipinski definition) is 3. The van der Waals surface area contributed by atoms with E-state index in [9.17, 15) is 9.59 Å². The van der Waals surface area contributed by atoms with Crippen molar-refractivity contribution >= 4 is 34.2 Å². The molecule has 202 valence electrons. The molecule has 0 unspecified atom stereocenters. The highest BCUT2D eigenvalue weighted by Gasteiger charge is 2.20. The van der Waals surface area contributed by atoms with Gasteiger partial charge in [-0.15, -0.1) is 0 Å². The third-order valence-electron chi connectivity index (χ3n) is 6.35. The average molecular weight is 535 g/mol. The Kier molecular flexibility index (Phi) is 8.38. The molecule has 0 saturated carbocycles. The summed E-state index contributed by atoms with van der Waals surface area (Å²) in [7, 11) is 0. The molecule has 0 atom stereocenters. The van der Waals surface area contributed by atoms with Gasteiger partial charge >= 0.3 is 0 Å². The first-order valence-corrected chi connectivity index (χ1v) is 13.0. The Hall–Kier alpha value is -5.08. The number of para-hydroxylation sites is 3. The number of benzene rings is 4. The summed E-state index contributed by atoms with van der Waals surface area (Å²) in [6.07, 6.45) is 0. The molecule has 0 aliphatic heterocycles. The van der Waals surface area contributed by atoms with Gasteiger partial charge in [-0.1, -0.05) is 60.7 Å². The summed E-state index contributed by atoms with van der Waals surface area (Å²) >= 11 is 0. The Morgan fingerprint density at radius 3 is 2.35 bits per heavy atom. The summed E-state index contributed by atoms with van der Waals surface area (Å²) in [5.74, 6) is 0.366. The van der Waals surface area contributed by atoms with Crippen molar-refractivity contribution in [1.29, 1.82) is 0 Å².